The van der Waals surface area contributed by atoms with Crippen molar-refractivity contribution in [3.8, 4) is 22.3 Å². The highest BCUT2D eigenvalue weighted by Crippen LogP contribution is 2.31. The van der Waals surface area contributed by atoms with Crippen molar-refractivity contribution in [3.05, 3.63) is 211 Å². The number of allylic oxidation sites excluding steroid dienone is 13. The molecule has 0 radical (unpaired) electrons. The summed E-state index contributed by atoms with van der Waals surface area (Å²) >= 11 is 0. The quantitative estimate of drug-likeness (QED) is 0.120. The molecule has 0 spiro atoms. The Hall–Kier alpha value is -5.92. The summed E-state index contributed by atoms with van der Waals surface area (Å²) in [6.45, 7) is 6.33. The summed E-state index contributed by atoms with van der Waals surface area (Å²) in [6, 6.07) is 46.0. The summed E-state index contributed by atoms with van der Waals surface area (Å²) < 4.78 is 0. The van der Waals surface area contributed by atoms with Crippen LogP contribution in [0.3, 0.4) is 0 Å². The molecule has 0 N–H and O–H groups in total. The minimum atomic E-state index is 1.04. The van der Waals surface area contributed by atoms with E-state index >= 15 is 0 Å². The molecule has 0 atom stereocenters. The van der Waals surface area contributed by atoms with Gasteiger partial charge in [-0.05, 0) is 125 Å². The van der Waals surface area contributed by atoms with E-state index in [0.717, 1.165) is 36.2 Å². The molecule has 0 amide bonds. The monoisotopic (exact) mass is 661 g/mol. The molecule has 0 heterocycles. The summed E-state index contributed by atoms with van der Waals surface area (Å²) in [5, 5.41) is 0. The lowest BCUT2D eigenvalue weighted by Gasteiger charge is -2.21. The van der Waals surface area contributed by atoms with E-state index in [1.54, 1.807) is 0 Å². The summed E-state index contributed by atoms with van der Waals surface area (Å²) in [5.41, 5.74) is 14.5. The number of nitrogens with zero attached hydrogens (tertiary/aromatic N) is 1. The molecule has 0 bridgehead atoms. The molecule has 0 aromatic heterocycles. The Kier molecular flexibility index (Phi) is 12.1. The Labute approximate surface area is 305 Å². The molecular weight excluding hydrogens is 615 g/mol. The zero-order chi connectivity index (χ0) is 35.3. The summed E-state index contributed by atoms with van der Waals surface area (Å²) in [4.78, 5) is 2.24. The fraction of sp³-hybridized carbons (Fsp3) is 0.120. The van der Waals surface area contributed by atoms with Gasteiger partial charge in [0.25, 0.3) is 0 Å². The van der Waals surface area contributed by atoms with Crippen molar-refractivity contribution in [2.24, 2.45) is 0 Å². The fourth-order valence-corrected chi connectivity index (χ4v) is 6.40. The van der Waals surface area contributed by atoms with Gasteiger partial charge in [0.15, 0.2) is 0 Å². The van der Waals surface area contributed by atoms with Crippen molar-refractivity contribution >= 4 is 28.1 Å². The second kappa shape index (κ2) is 17.7. The maximum absolute atomic E-state index is 2.33. The normalized spacial score (nSPS) is 13.7. The molecule has 6 rings (SSSR count). The van der Waals surface area contributed by atoms with Gasteiger partial charge >= 0.3 is 0 Å². The molecule has 1 nitrogen and oxygen atoms in total. The Bertz CT molecular complexity index is 2100. The predicted octanol–water partition coefficient (Wildman–Crippen LogP) is 14.4. The van der Waals surface area contributed by atoms with Crippen LogP contribution in [0, 0.1) is 0 Å². The molecule has 1 aliphatic carbocycles. The zero-order valence-electron chi connectivity index (χ0n) is 30.0. The maximum Gasteiger partial charge on any atom is 0.0455 e. The number of hydrogen-bond acceptors (Lipinski definition) is 1. The number of hydrogen-bond donors (Lipinski definition) is 0. The van der Waals surface area contributed by atoms with Gasteiger partial charge in [-0.2, -0.15) is 0 Å². The van der Waals surface area contributed by atoms with Crippen LogP contribution in [0.15, 0.2) is 194 Å². The van der Waals surface area contributed by atoms with Crippen LogP contribution in [0.5, 0.6) is 0 Å². The number of benzene rings is 5. The van der Waals surface area contributed by atoms with Gasteiger partial charge < -0.3 is 4.90 Å². The predicted molar refractivity (Wildman–Crippen MR) is 224 cm³/mol. The van der Waals surface area contributed by atoms with Gasteiger partial charge in [0.2, 0.25) is 0 Å². The molecule has 51 heavy (non-hydrogen) atoms. The van der Waals surface area contributed by atoms with Gasteiger partial charge in [-0.25, -0.2) is 0 Å². The van der Waals surface area contributed by atoms with Gasteiger partial charge in [-0.15, -0.1) is 0 Å². The van der Waals surface area contributed by atoms with Crippen LogP contribution in [0.25, 0.3) is 39.0 Å². The van der Waals surface area contributed by atoms with Gasteiger partial charge in [0.05, 0.1) is 0 Å². The first-order chi connectivity index (χ1) is 25.2. The smallest absolute Gasteiger partial charge is 0.0455 e. The molecule has 1 heteroatoms. The second-order valence-electron chi connectivity index (χ2n) is 12.6. The lowest BCUT2D eigenvalue weighted by molar-refractivity contribution is 1.04. The summed E-state index contributed by atoms with van der Waals surface area (Å²) in [5.74, 6) is 0. The number of para-hydroxylation sites is 1. The summed E-state index contributed by atoms with van der Waals surface area (Å²) in [6.07, 6.45) is 27.4. The van der Waals surface area contributed by atoms with E-state index < -0.39 is 0 Å². The highest BCUT2D eigenvalue weighted by Gasteiger charge is 2.09. The molecule has 0 aliphatic heterocycles. The average Bonchev–Trinajstić information content (AvgIpc) is 3.20. The van der Waals surface area contributed by atoms with Crippen LogP contribution in [0.1, 0.15) is 56.7 Å². The average molecular weight is 662 g/mol. The number of anilines is 2. The fourth-order valence-electron chi connectivity index (χ4n) is 6.40. The SMILES string of the molecule is C\C=C/C(=C\C=C\N(c1ccccc1)c1ccc(C2=CCCC=C2)cc1)c1ccc(-c2cccc(-c3ccc(C(/C=C\CC)=C/C)cc3)c2)cc1. The molecule has 0 fully saturated rings. The summed E-state index contributed by atoms with van der Waals surface area (Å²) in [7, 11) is 0. The van der Waals surface area contributed by atoms with Gasteiger partial charge in [0.1, 0.15) is 0 Å². The zero-order valence-corrected chi connectivity index (χ0v) is 30.0. The molecule has 5 aromatic carbocycles. The van der Waals surface area contributed by atoms with Crippen molar-refractivity contribution in [1.82, 2.24) is 0 Å². The van der Waals surface area contributed by atoms with Crippen molar-refractivity contribution in [2.75, 3.05) is 4.90 Å². The second-order valence-corrected chi connectivity index (χ2v) is 12.6. The Morgan fingerprint density at radius 1 is 0.608 bits per heavy atom. The first-order valence-corrected chi connectivity index (χ1v) is 18.1. The first-order valence-electron chi connectivity index (χ1n) is 18.1. The highest BCUT2D eigenvalue weighted by molar-refractivity contribution is 5.81. The van der Waals surface area contributed by atoms with E-state index in [9.17, 15) is 0 Å². The maximum atomic E-state index is 2.33. The Morgan fingerprint density at radius 3 is 1.82 bits per heavy atom. The molecule has 0 saturated carbocycles. The van der Waals surface area contributed by atoms with E-state index in [4.69, 9.17) is 0 Å². The van der Waals surface area contributed by atoms with Gasteiger partial charge in [0, 0.05) is 17.6 Å². The van der Waals surface area contributed by atoms with Crippen molar-refractivity contribution < 1.29 is 0 Å². The van der Waals surface area contributed by atoms with Crippen LogP contribution in [0.2, 0.25) is 0 Å². The van der Waals surface area contributed by atoms with Crippen LogP contribution in [0.4, 0.5) is 11.4 Å². The van der Waals surface area contributed by atoms with Crippen LogP contribution >= 0.6 is 0 Å². The molecular formula is C50H47N. The molecule has 252 valence electrons. The van der Waals surface area contributed by atoms with Crippen molar-refractivity contribution in [3.63, 3.8) is 0 Å². The first kappa shape index (κ1) is 34.9. The third kappa shape index (κ3) is 9.01. The molecule has 1 aliphatic rings. The topological polar surface area (TPSA) is 3.24 Å². The third-order valence-electron chi connectivity index (χ3n) is 9.18. The lowest BCUT2D eigenvalue weighted by Crippen LogP contribution is -2.08. The molecule has 0 saturated heterocycles. The lowest BCUT2D eigenvalue weighted by atomic mass is 9.95. The standard InChI is InChI=1S/C50H47N/c1-4-7-17-39(6-3)42-25-29-45(30-26-42)47-20-14-21-48(38-47)46-31-27-43(28-32-46)40(16-5-2)22-15-37-51(49-23-12-9-13-24-49)50-35-33-44(34-36-50)41-18-10-8-11-19-41/h5-7,9-10,12-38H,4,8,11H2,1-3H3/b16-5-,17-7-,37-15+,39-6+,40-22+. The minimum absolute atomic E-state index is 1.04. The van der Waals surface area contributed by atoms with Crippen molar-refractivity contribution in [1.29, 1.82) is 0 Å². The number of rotatable bonds is 12. The highest BCUT2D eigenvalue weighted by atomic mass is 15.1. The van der Waals surface area contributed by atoms with E-state index in [1.165, 1.54) is 50.1 Å². The van der Waals surface area contributed by atoms with Crippen LogP contribution < -0.4 is 4.90 Å². The Morgan fingerprint density at radius 2 is 1.24 bits per heavy atom. The minimum Gasteiger partial charge on any atom is -0.317 e. The van der Waals surface area contributed by atoms with Gasteiger partial charge in [-0.3, -0.25) is 0 Å². The van der Waals surface area contributed by atoms with Crippen molar-refractivity contribution in [2.45, 2.75) is 40.0 Å². The van der Waals surface area contributed by atoms with Crippen LogP contribution in [-0.2, 0) is 0 Å². The molecule has 0 unspecified atom stereocenters. The van der Waals surface area contributed by atoms with E-state index in [2.05, 4.69) is 220 Å². The Balaban J connectivity index is 1.21. The van der Waals surface area contributed by atoms with Crippen LogP contribution in [-0.4, -0.2) is 0 Å². The van der Waals surface area contributed by atoms with E-state index in [0.29, 0.717) is 0 Å². The van der Waals surface area contributed by atoms with E-state index in [1.807, 2.05) is 0 Å². The van der Waals surface area contributed by atoms with Gasteiger partial charge in [-0.1, -0.05) is 159 Å². The van der Waals surface area contributed by atoms with E-state index in [-0.39, 0.29) is 0 Å². The molecule has 5 aromatic rings. The largest absolute Gasteiger partial charge is 0.317 e. The third-order valence-corrected chi connectivity index (χ3v) is 9.18.